The second-order valence-electron chi connectivity index (χ2n) is 6.63. The van der Waals surface area contributed by atoms with Crippen molar-refractivity contribution in [2.45, 2.75) is 18.9 Å². The predicted molar refractivity (Wildman–Crippen MR) is 115 cm³/mol. The molecule has 8 heteroatoms. The maximum Gasteiger partial charge on any atom is 0.323 e. The number of pyridine rings is 1. The van der Waals surface area contributed by atoms with Gasteiger partial charge in [0.2, 0.25) is 0 Å². The number of rotatable bonds is 4. The molecule has 1 unspecified atom stereocenters. The summed E-state index contributed by atoms with van der Waals surface area (Å²) in [5.74, 6) is 1.90. The molecular formula is C20H21IN4O3. The van der Waals surface area contributed by atoms with Crippen LogP contribution in [-0.4, -0.2) is 41.1 Å². The molecule has 1 aliphatic heterocycles. The van der Waals surface area contributed by atoms with Crippen LogP contribution in [-0.2, 0) is 0 Å². The minimum Gasteiger partial charge on any atom is -0.493 e. The number of methoxy groups -OCH3 is 2. The Bertz CT molecular complexity index is 1020. The highest BCUT2D eigenvalue weighted by atomic mass is 127. The van der Waals surface area contributed by atoms with Gasteiger partial charge in [-0.15, -0.1) is 0 Å². The van der Waals surface area contributed by atoms with Gasteiger partial charge in [0.15, 0.2) is 17.3 Å². The second kappa shape index (κ2) is 7.86. The average Bonchev–Trinajstić information content (AvgIpc) is 3.33. The number of urea groups is 1. The summed E-state index contributed by atoms with van der Waals surface area (Å²) in [6.07, 6.45) is 5.67. The van der Waals surface area contributed by atoms with E-state index in [0.29, 0.717) is 23.9 Å². The van der Waals surface area contributed by atoms with Crippen molar-refractivity contribution >= 4 is 40.1 Å². The van der Waals surface area contributed by atoms with Crippen LogP contribution in [0.2, 0.25) is 0 Å². The maximum absolute atomic E-state index is 12.9. The lowest BCUT2D eigenvalue weighted by molar-refractivity contribution is 0.207. The number of amides is 2. The van der Waals surface area contributed by atoms with E-state index >= 15 is 0 Å². The number of nitrogens with zero attached hydrogens (tertiary/aromatic N) is 3. The van der Waals surface area contributed by atoms with Crippen LogP contribution in [0.15, 0.2) is 42.7 Å². The number of ether oxygens (including phenoxy) is 2. The Morgan fingerprint density at radius 2 is 2.00 bits per heavy atom. The summed E-state index contributed by atoms with van der Waals surface area (Å²) in [5.41, 5.74) is 1.84. The number of fused-ring (bicyclic) bond motifs is 1. The first-order chi connectivity index (χ1) is 13.6. The number of likely N-dealkylation sites (tertiary alicyclic amines) is 1. The normalized spacial score (nSPS) is 16.4. The molecule has 2 aromatic heterocycles. The number of hydrogen-bond acceptors (Lipinski definition) is 4. The lowest BCUT2D eigenvalue weighted by Gasteiger charge is -2.25. The van der Waals surface area contributed by atoms with E-state index in [4.69, 9.17) is 9.47 Å². The summed E-state index contributed by atoms with van der Waals surface area (Å²) in [7, 11) is 3.23. The van der Waals surface area contributed by atoms with Gasteiger partial charge in [0.25, 0.3) is 0 Å². The van der Waals surface area contributed by atoms with Gasteiger partial charge in [-0.2, -0.15) is 0 Å². The highest BCUT2D eigenvalue weighted by molar-refractivity contribution is 14.1. The molecule has 7 nitrogen and oxygen atoms in total. The fraction of sp³-hybridized carbons (Fsp3) is 0.300. The van der Waals surface area contributed by atoms with Crippen LogP contribution >= 0.6 is 22.6 Å². The molecule has 3 aromatic rings. The molecule has 0 radical (unpaired) electrons. The molecule has 0 saturated carbocycles. The molecular weight excluding hydrogens is 471 g/mol. The second-order valence-corrected chi connectivity index (χ2v) is 7.88. The monoisotopic (exact) mass is 492 g/mol. The van der Waals surface area contributed by atoms with Crippen LogP contribution in [0.5, 0.6) is 11.5 Å². The largest absolute Gasteiger partial charge is 0.493 e. The Hall–Kier alpha value is -2.49. The van der Waals surface area contributed by atoms with E-state index in [0.717, 1.165) is 27.6 Å². The van der Waals surface area contributed by atoms with Crippen LogP contribution in [0.4, 0.5) is 10.6 Å². The minimum atomic E-state index is -0.143. The van der Waals surface area contributed by atoms with Gasteiger partial charge in [-0.1, -0.05) is 6.07 Å². The Kier molecular flexibility index (Phi) is 5.29. The predicted octanol–water partition coefficient (Wildman–Crippen LogP) is 4.33. The van der Waals surface area contributed by atoms with Gasteiger partial charge in [0.05, 0.1) is 26.5 Å². The molecule has 28 heavy (non-hydrogen) atoms. The van der Waals surface area contributed by atoms with Crippen molar-refractivity contribution < 1.29 is 14.3 Å². The van der Waals surface area contributed by atoms with Crippen LogP contribution in [0.1, 0.15) is 24.4 Å². The van der Waals surface area contributed by atoms with E-state index in [-0.39, 0.29) is 12.1 Å². The standard InChI is InChI=1S/C20H21IN4O3/c1-27-16-7-5-13(10-17(16)28-2)15-4-3-9-25(15)20(26)23-18-12-24-11-14(21)6-8-19(24)22-18/h5-8,10-12,15H,3-4,9H2,1-2H3,(H,23,26). The maximum atomic E-state index is 12.9. The topological polar surface area (TPSA) is 68.1 Å². The van der Waals surface area contributed by atoms with Crippen LogP contribution in [0.25, 0.3) is 5.65 Å². The summed E-state index contributed by atoms with van der Waals surface area (Å²) >= 11 is 2.25. The smallest absolute Gasteiger partial charge is 0.323 e. The number of halogens is 1. The molecule has 4 rings (SSSR count). The summed E-state index contributed by atoms with van der Waals surface area (Å²) in [5, 5.41) is 2.94. The summed E-state index contributed by atoms with van der Waals surface area (Å²) in [6, 6.07) is 9.59. The van der Waals surface area contributed by atoms with Gasteiger partial charge >= 0.3 is 6.03 Å². The van der Waals surface area contributed by atoms with Crippen LogP contribution in [0.3, 0.4) is 0 Å². The van der Waals surface area contributed by atoms with Gasteiger partial charge in [-0.3, -0.25) is 5.32 Å². The van der Waals surface area contributed by atoms with E-state index in [1.807, 2.05) is 52.0 Å². The molecule has 1 aliphatic rings. The number of carbonyl (C=O) groups excluding carboxylic acids is 1. The number of aromatic nitrogens is 2. The number of imidazole rings is 1. The third kappa shape index (κ3) is 3.60. The fourth-order valence-corrected chi connectivity index (χ4v) is 4.10. The zero-order valence-corrected chi connectivity index (χ0v) is 17.8. The van der Waals surface area contributed by atoms with Crippen molar-refractivity contribution in [3.8, 4) is 11.5 Å². The van der Waals surface area contributed by atoms with Crippen LogP contribution in [0, 0.1) is 3.57 Å². The molecule has 146 valence electrons. The Morgan fingerprint density at radius 1 is 1.18 bits per heavy atom. The summed E-state index contributed by atoms with van der Waals surface area (Å²) in [6.45, 7) is 0.704. The van der Waals surface area contributed by atoms with E-state index in [1.165, 1.54) is 0 Å². The van der Waals surface area contributed by atoms with Gasteiger partial charge in [0, 0.05) is 16.3 Å². The number of benzene rings is 1. The Morgan fingerprint density at radius 3 is 2.79 bits per heavy atom. The Balaban J connectivity index is 1.54. The lowest BCUT2D eigenvalue weighted by Crippen LogP contribution is -2.34. The first-order valence-electron chi connectivity index (χ1n) is 9.03. The molecule has 2 amide bonds. The van der Waals surface area contributed by atoms with Crippen molar-refractivity contribution in [2.75, 3.05) is 26.1 Å². The highest BCUT2D eigenvalue weighted by Crippen LogP contribution is 2.37. The first kappa shape index (κ1) is 18.9. The Labute approximate surface area is 176 Å². The zero-order chi connectivity index (χ0) is 19.7. The molecule has 0 aliphatic carbocycles. The van der Waals surface area contributed by atoms with Crippen molar-refractivity contribution in [3.63, 3.8) is 0 Å². The zero-order valence-electron chi connectivity index (χ0n) is 15.7. The first-order valence-corrected chi connectivity index (χ1v) is 10.1. The average molecular weight is 492 g/mol. The molecule has 1 N–H and O–H groups in total. The number of carbonyl (C=O) groups is 1. The quantitative estimate of drug-likeness (QED) is 0.551. The highest BCUT2D eigenvalue weighted by Gasteiger charge is 2.31. The van der Waals surface area contributed by atoms with Crippen molar-refractivity contribution in [3.05, 3.63) is 51.9 Å². The van der Waals surface area contributed by atoms with Crippen molar-refractivity contribution in [2.24, 2.45) is 0 Å². The molecule has 1 saturated heterocycles. The van der Waals surface area contributed by atoms with E-state index in [1.54, 1.807) is 14.2 Å². The SMILES string of the molecule is COc1ccc(C2CCCN2C(=O)Nc2cn3cc(I)ccc3n2)cc1OC. The van der Waals surface area contributed by atoms with Crippen LogP contribution < -0.4 is 14.8 Å². The van der Waals surface area contributed by atoms with E-state index in [9.17, 15) is 4.79 Å². The van der Waals surface area contributed by atoms with Gasteiger partial charge in [0.1, 0.15) is 5.65 Å². The number of nitrogens with one attached hydrogen (secondary N) is 1. The van der Waals surface area contributed by atoms with Gasteiger partial charge in [-0.25, -0.2) is 9.78 Å². The van der Waals surface area contributed by atoms with Crippen molar-refractivity contribution in [1.29, 1.82) is 0 Å². The van der Waals surface area contributed by atoms with E-state index < -0.39 is 0 Å². The molecule has 3 heterocycles. The molecule has 0 bridgehead atoms. The minimum absolute atomic E-state index is 0.00205. The number of anilines is 1. The van der Waals surface area contributed by atoms with Crippen molar-refractivity contribution in [1.82, 2.24) is 14.3 Å². The van der Waals surface area contributed by atoms with E-state index in [2.05, 4.69) is 32.9 Å². The molecule has 1 fully saturated rings. The third-order valence-corrected chi connectivity index (χ3v) is 5.59. The fourth-order valence-electron chi connectivity index (χ4n) is 3.62. The molecule has 0 spiro atoms. The van der Waals surface area contributed by atoms with Gasteiger partial charge < -0.3 is 18.8 Å². The summed E-state index contributed by atoms with van der Waals surface area (Å²) < 4.78 is 13.7. The molecule has 1 atom stereocenters. The number of hydrogen-bond donors (Lipinski definition) is 1. The summed E-state index contributed by atoms with van der Waals surface area (Å²) in [4.78, 5) is 19.3. The molecule has 1 aromatic carbocycles. The van der Waals surface area contributed by atoms with Gasteiger partial charge in [-0.05, 0) is 65.3 Å². The third-order valence-electron chi connectivity index (χ3n) is 4.96. The lowest BCUT2D eigenvalue weighted by atomic mass is 10.0.